The first kappa shape index (κ1) is 32.9. The number of carbonyl (C=O) groups is 1. The van der Waals surface area contributed by atoms with Gasteiger partial charge in [0.2, 0.25) is 0 Å². The molecule has 0 amide bonds. The summed E-state index contributed by atoms with van der Waals surface area (Å²) in [6, 6.07) is 0. The van der Waals surface area contributed by atoms with Crippen LogP contribution < -0.4 is 0 Å². The van der Waals surface area contributed by atoms with Crippen LogP contribution >= 0.6 is 22.6 Å². The Morgan fingerprint density at radius 2 is 0.788 bits per heavy atom. The highest BCUT2D eigenvalue weighted by Crippen LogP contribution is 2.06. The molecule has 11 heteroatoms. The highest BCUT2D eigenvalue weighted by atomic mass is 127. The van der Waals surface area contributed by atoms with Gasteiger partial charge in [-0.15, -0.1) is 0 Å². The maximum Gasteiger partial charge on any atom is 0.332 e. The predicted octanol–water partition coefficient (Wildman–Crippen LogP) is 1.90. The van der Waals surface area contributed by atoms with Crippen molar-refractivity contribution in [3.8, 4) is 0 Å². The van der Waals surface area contributed by atoms with E-state index in [2.05, 4.69) is 22.6 Å². The maximum absolute atomic E-state index is 11.4. The topological polar surface area (TPSA) is 100 Å². The highest BCUT2D eigenvalue weighted by Gasteiger charge is 2.15. The molecule has 0 radical (unpaired) electrons. The summed E-state index contributed by atoms with van der Waals surface area (Å²) in [5.41, 5.74) is -0.501. The molecule has 0 rings (SSSR count). The Labute approximate surface area is 212 Å². The first-order chi connectivity index (χ1) is 16.0. The zero-order chi connectivity index (χ0) is 24.5. The molecule has 0 bridgehead atoms. The van der Waals surface area contributed by atoms with Gasteiger partial charge in [0.25, 0.3) is 0 Å². The lowest BCUT2D eigenvalue weighted by atomic mass is 10.2. The molecule has 0 atom stereocenters. The van der Waals surface area contributed by atoms with E-state index in [0.717, 1.165) is 11.0 Å². The van der Waals surface area contributed by atoms with Gasteiger partial charge in [-0.3, -0.25) is 0 Å². The van der Waals surface area contributed by atoms with E-state index in [1.807, 2.05) is 20.8 Å². The first-order valence-corrected chi connectivity index (χ1v) is 12.9. The number of hydrogen-bond acceptors (Lipinski definition) is 10. The van der Waals surface area contributed by atoms with E-state index in [0.29, 0.717) is 92.5 Å². The van der Waals surface area contributed by atoms with Crippen LogP contribution in [-0.4, -0.2) is 122 Å². The first-order valence-electron chi connectivity index (χ1n) is 11.4. The van der Waals surface area contributed by atoms with Crippen LogP contribution in [0.3, 0.4) is 0 Å². The van der Waals surface area contributed by atoms with E-state index < -0.39 is 5.60 Å². The van der Waals surface area contributed by atoms with Crippen molar-refractivity contribution in [3.05, 3.63) is 0 Å². The van der Waals surface area contributed by atoms with Crippen molar-refractivity contribution in [1.82, 2.24) is 0 Å². The van der Waals surface area contributed by atoms with Crippen LogP contribution in [0.15, 0.2) is 0 Å². The summed E-state index contributed by atoms with van der Waals surface area (Å²) in [6.45, 7) is 13.2. The molecule has 10 nitrogen and oxygen atoms in total. The molecule has 0 spiro atoms. The molecule has 0 N–H and O–H groups in total. The summed E-state index contributed by atoms with van der Waals surface area (Å²) < 4.78 is 49.0. The molecular formula is C22H43IO10. The van der Waals surface area contributed by atoms with Crippen molar-refractivity contribution < 1.29 is 47.4 Å². The Kier molecular flexibility index (Phi) is 24.9. The molecule has 0 saturated carbocycles. The third-order valence-corrected chi connectivity index (χ3v) is 3.91. The van der Waals surface area contributed by atoms with Crippen LogP contribution in [0.2, 0.25) is 0 Å². The number of halogens is 1. The van der Waals surface area contributed by atoms with E-state index in [1.165, 1.54) is 0 Å². The second kappa shape index (κ2) is 25.0. The second-order valence-corrected chi connectivity index (χ2v) is 8.69. The third-order valence-electron chi connectivity index (χ3n) is 3.47. The van der Waals surface area contributed by atoms with Crippen LogP contribution in [-0.2, 0) is 47.4 Å². The number of rotatable bonds is 25. The zero-order valence-electron chi connectivity index (χ0n) is 20.5. The van der Waals surface area contributed by atoms with Crippen molar-refractivity contribution >= 4 is 28.6 Å². The molecule has 0 unspecified atom stereocenters. The highest BCUT2D eigenvalue weighted by molar-refractivity contribution is 14.1. The Bertz CT molecular complexity index is 420. The fourth-order valence-corrected chi connectivity index (χ4v) is 2.43. The molecule has 33 heavy (non-hydrogen) atoms. The molecule has 0 aliphatic carbocycles. The fourth-order valence-electron chi connectivity index (χ4n) is 2.12. The molecule has 198 valence electrons. The average Bonchev–Trinajstić information content (AvgIpc) is 2.75. The quantitative estimate of drug-likeness (QED) is 0.0675. The van der Waals surface area contributed by atoms with Gasteiger partial charge in [0.1, 0.15) is 12.2 Å². The summed E-state index contributed by atoms with van der Waals surface area (Å²) in [6.07, 6.45) is 0. The fraction of sp³-hybridized carbons (Fsp3) is 0.955. The van der Waals surface area contributed by atoms with Crippen LogP contribution in [0.1, 0.15) is 20.8 Å². The smallest absolute Gasteiger partial charge is 0.332 e. The van der Waals surface area contributed by atoms with Gasteiger partial charge in [0, 0.05) is 4.43 Å². The summed E-state index contributed by atoms with van der Waals surface area (Å²) in [5.74, 6) is -0.380. The summed E-state index contributed by atoms with van der Waals surface area (Å²) in [4.78, 5) is 11.4. The Balaban J connectivity index is 3.10. The van der Waals surface area contributed by atoms with E-state index in [4.69, 9.17) is 42.6 Å². The van der Waals surface area contributed by atoms with Gasteiger partial charge in [-0.1, -0.05) is 22.6 Å². The van der Waals surface area contributed by atoms with Crippen LogP contribution in [0.4, 0.5) is 0 Å². The minimum Gasteiger partial charge on any atom is -0.458 e. The van der Waals surface area contributed by atoms with Crippen LogP contribution in [0, 0.1) is 0 Å². The number of ether oxygens (including phenoxy) is 9. The van der Waals surface area contributed by atoms with E-state index in [9.17, 15) is 4.79 Å². The van der Waals surface area contributed by atoms with Crippen molar-refractivity contribution in [3.63, 3.8) is 0 Å². The Hall–Kier alpha value is -0.120. The SMILES string of the molecule is CC(C)(C)OC(=O)COCCOCCOCCOCCOCCOCCOCCOCCI. The van der Waals surface area contributed by atoms with Crippen molar-refractivity contribution in [2.24, 2.45) is 0 Å². The Morgan fingerprint density at radius 1 is 0.515 bits per heavy atom. The molecule has 0 aromatic heterocycles. The maximum atomic E-state index is 11.4. The van der Waals surface area contributed by atoms with Gasteiger partial charge in [0.15, 0.2) is 0 Å². The molecule has 0 aliphatic heterocycles. The summed E-state index contributed by atoms with van der Waals surface area (Å²) >= 11 is 2.27. The van der Waals surface area contributed by atoms with E-state index in [-0.39, 0.29) is 12.6 Å². The molecule has 0 aromatic carbocycles. The van der Waals surface area contributed by atoms with Crippen molar-refractivity contribution in [1.29, 1.82) is 0 Å². The molecule has 0 aromatic rings. The van der Waals surface area contributed by atoms with Crippen molar-refractivity contribution in [2.45, 2.75) is 26.4 Å². The number of carbonyl (C=O) groups excluding carboxylic acids is 1. The van der Waals surface area contributed by atoms with Gasteiger partial charge in [-0.2, -0.15) is 0 Å². The monoisotopic (exact) mass is 594 g/mol. The molecule has 0 saturated heterocycles. The van der Waals surface area contributed by atoms with Crippen molar-refractivity contribution in [2.75, 3.05) is 110 Å². The van der Waals surface area contributed by atoms with E-state index >= 15 is 0 Å². The van der Waals surface area contributed by atoms with Crippen LogP contribution in [0.25, 0.3) is 0 Å². The molecule has 0 fully saturated rings. The lowest BCUT2D eigenvalue weighted by Crippen LogP contribution is -2.27. The normalized spacial score (nSPS) is 11.8. The van der Waals surface area contributed by atoms with Gasteiger partial charge < -0.3 is 42.6 Å². The van der Waals surface area contributed by atoms with E-state index in [1.54, 1.807) is 0 Å². The minimum atomic E-state index is -0.501. The van der Waals surface area contributed by atoms with Crippen LogP contribution in [0.5, 0.6) is 0 Å². The predicted molar refractivity (Wildman–Crippen MR) is 131 cm³/mol. The lowest BCUT2D eigenvalue weighted by molar-refractivity contribution is -0.160. The number of alkyl halides is 1. The summed E-state index contributed by atoms with van der Waals surface area (Å²) in [7, 11) is 0. The second-order valence-electron chi connectivity index (χ2n) is 7.61. The Morgan fingerprint density at radius 3 is 1.06 bits per heavy atom. The van der Waals surface area contributed by atoms with Gasteiger partial charge >= 0.3 is 5.97 Å². The molecule has 0 heterocycles. The third kappa shape index (κ3) is 29.8. The minimum absolute atomic E-state index is 0.0740. The lowest BCUT2D eigenvalue weighted by Gasteiger charge is -2.19. The number of hydrogen-bond donors (Lipinski definition) is 0. The van der Waals surface area contributed by atoms with Gasteiger partial charge in [0.05, 0.1) is 99.1 Å². The zero-order valence-corrected chi connectivity index (χ0v) is 22.6. The standard InChI is InChI=1S/C22H43IO10/c1-22(2,3)33-21(24)20-32-19-18-31-17-16-30-15-14-29-13-12-28-11-10-27-9-8-26-7-6-25-5-4-23/h4-20H2,1-3H3. The van der Waals surface area contributed by atoms with Gasteiger partial charge in [-0.05, 0) is 20.8 Å². The summed E-state index contributed by atoms with van der Waals surface area (Å²) in [5, 5.41) is 0. The molecular weight excluding hydrogens is 551 g/mol. The van der Waals surface area contributed by atoms with Gasteiger partial charge in [-0.25, -0.2) is 4.79 Å². The average molecular weight is 594 g/mol. The largest absolute Gasteiger partial charge is 0.458 e. The molecule has 0 aliphatic rings. The number of esters is 1.